The van der Waals surface area contributed by atoms with Crippen molar-refractivity contribution in [2.75, 3.05) is 11.9 Å². The topological polar surface area (TPSA) is 72.5 Å². The van der Waals surface area contributed by atoms with Gasteiger partial charge in [0.15, 0.2) is 0 Å². The number of rotatable bonds is 4. The maximum Gasteiger partial charge on any atom is 0.257 e. The van der Waals surface area contributed by atoms with Gasteiger partial charge in [-0.05, 0) is 31.9 Å². The number of aryl methyl sites for hydroxylation is 3. The van der Waals surface area contributed by atoms with Gasteiger partial charge in [0.1, 0.15) is 6.61 Å². The molecule has 0 radical (unpaired) electrons. The van der Waals surface area contributed by atoms with Crippen molar-refractivity contribution in [2.24, 2.45) is 0 Å². The van der Waals surface area contributed by atoms with Crippen molar-refractivity contribution in [3.8, 4) is 0 Å². The van der Waals surface area contributed by atoms with Crippen molar-refractivity contribution in [1.82, 2.24) is 0 Å². The van der Waals surface area contributed by atoms with E-state index in [0.29, 0.717) is 5.69 Å². The molecule has 6 heteroatoms. The van der Waals surface area contributed by atoms with Crippen molar-refractivity contribution in [1.29, 1.82) is 0 Å². The molecule has 0 saturated carbocycles. The van der Waals surface area contributed by atoms with Crippen LogP contribution < -0.4 is 5.32 Å². The van der Waals surface area contributed by atoms with Crippen LogP contribution in [0.5, 0.6) is 0 Å². The van der Waals surface area contributed by atoms with E-state index in [0.717, 1.165) is 16.7 Å². The quantitative estimate of drug-likeness (QED) is 0.792. The molecule has 0 spiro atoms. The molecular weight excluding hydrogens is 242 g/mol. The molecule has 0 aliphatic heterocycles. The summed E-state index contributed by atoms with van der Waals surface area (Å²) in [5.41, 5.74) is 3.67. The number of amides is 1. The summed E-state index contributed by atoms with van der Waals surface area (Å²) in [5, 5.41) is 2.63. The first-order chi connectivity index (χ1) is 7.90. The minimum atomic E-state index is -2.99. The van der Waals surface area contributed by atoms with Crippen molar-refractivity contribution in [3.63, 3.8) is 0 Å². The Balaban J connectivity index is 2.78. The minimum absolute atomic E-state index is 0.487. The Labute approximate surface area is 102 Å². The molecule has 1 aromatic rings. The first-order valence-electron chi connectivity index (χ1n) is 5.05. The number of nitrogens with one attached hydrogen (secondary N) is 1. The predicted octanol–water partition coefficient (Wildman–Crippen LogP) is 1.09. The van der Waals surface area contributed by atoms with Crippen LogP contribution in [-0.4, -0.2) is 20.9 Å². The van der Waals surface area contributed by atoms with E-state index in [1.54, 1.807) is 0 Å². The van der Waals surface area contributed by atoms with Gasteiger partial charge < -0.3 is 5.32 Å². The summed E-state index contributed by atoms with van der Waals surface area (Å²) in [6.07, 6.45) is 0. The number of thiol groups is 1. The van der Waals surface area contributed by atoms with Gasteiger partial charge >= 0.3 is 0 Å². The van der Waals surface area contributed by atoms with E-state index < -0.39 is 23.5 Å². The van der Waals surface area contributed by atoms with Gasteiger partial charge in [-0.3, -0.25) is 8.98 Å². The molecular formula is C11H15NO4S. The lowest BCUT2D eigenvalue weighted by Gasteiger charge is -2.12. The highest BCUT2D eigenvalue weighted by Crippen LogP contribution is 2.21. The van der Waals surface area contributed by atoms with Gasteiger partial charge in [0.05, 0.1) is 0 Å². The fraction of sp³-hybridized carbons (Fsp3) is 0.364. The summed E-state index contributed by atoms with van der Waals surface area (Å²) >= 11 is 0. The second kappa shape index (κ2) is 5.79. The Bertz CT molecular complexity index is 477. The van der Waals surface area contributed by atoms with E-state index in [1.165, 1.54) is 0 Å². The zero-order valence-corrected chi connectivity index (χ0v) is 10.8. The summed E-state index contributed by atoms with van der Waals surface area (Å²) < 4.78 is 24.6. The average Bonchev–Trinajstić information content (AvgIpc) is 2.20. The van der Waals surface area contributed by atoms with Gasteiger partial charge in [-0.2, -0.15) is 0 Å². The molecule has 5 nitrogen and oxygen atoms in total. The molecule has 94 valence electrons. The molecule has 0 aliphatic carbocycles. The minimum Gasteiger partial charge on any atom is -0.324 e. The Morgan fingerprint density at radius 2 is 1.76 bits per heavy atom. The Hall–Kier alpha value is -1.40. The standard InChI is InChI=1S/C11H15NO4S/c1-7-4-8(2)11(9(3)5-7)12-10(13)6-16-17(14)15/h4-5,17H,6H2,1-3H3,(H,12,13). The van der Waals surface area contributed by atoms with Gasteiger partial charge in [-0.25, -0.2) is 8.42 Å². The summed E-state index contributed by atoms with van der Waals surface area (Å²) in [6, 6.07) is 3.88. The van der Waals surface area contributed by atoms with E-state index in [-0.39, 0.29) is 0 Å². The van der Waals surface area contributed by atoms with Crippen molar-refractivity contribution >= 4 is 22.6 Å². The monoisotopic (exact) mass is 257 g/mol. The van der Waals surface area contributed by atoms with Crippen LogP contribution in [0.1, 0.15) is 16.7 Å². The Morgan fingerprint density at radius 3 is 2.24 bits per heavy atom. The molecule has 1 N–H and O–H groups in total. The number of hydrogen-bond acceptors (Lipinski definition) is 4. The lowest BCUT2D eigenvalue weighted by molar-refractivity contribution is -0.117. The molecule has 1 amide bonds. The van der Waals surface area contributed by atoms with E-state index >= 15 is 0 Å². The van der Waals surface area contributed by atoms with Gasteiger partial charge in [0.25, 0.3) is 16.9 Å². The largest absolute Gasteiger partial charge is 0.324 e. The molecule has 0 saturated heterocycles. The van der Waals surface area contributed by atoms with Gasteiger partial charge in [0, 0.05) is 5.69 Å². The zero-order chi connectivity index (χ0) is 13.0. The SMILES string of the molecule is Cc1cc(C)c(NC(=O)CO[SH](=O)=O)c(C)c1. The van der Waals surface area contributed by atoms with Crippen LogP contribution in [0.2, 0.25) is 0 Å². The summed E-state index contributed by atoms with van der Waals surface area (Å²) in [7, 11) is -2.99. The van der Waals surface area contributed by atoms with Crippen LogP contribution in [0.4, 0.5) is 5.69 Å². The second-order valence-electron chi connectivity index (χ2n) is 3.82. The molecule has 0 unspecified atom stereocenters. The third-order valence-corrected chi connectivity index (χ3v) is 2.58. The fourth-order valence-electron chi connectivity index (χ4n) is 1.66. The third kappa shape index (κ3) is 4.16. The van der Waals surface area contributed by atoms with Crippen LogP contribution in [-0.2, 0) is 20.0 Å². The van der Waals surface area contributed by atoms with E-state index in [1.807, 2.05) is 32.9 Å². The molecule has 0 atom stereocenters. The van der Waals surface area contributed by atoms with E-state index in [9.17, 15) is 13.2 Å². The summed E-state index contributed by atoms with van der Waals surface area (Å²) in [4.78, 5) is 11.4. The number of anilines is 1. The van der Waals surface area contributed by atoms with Gasteiger partial charge in [0.2, 0.25) is 0 Å². The Morgan fingerprint density at radius 1 is 1.24 bits per heavy atom. The molecule has 1 aromatic carbocycles. The second-order valence-corrected chi connectivity index (χ2v) is 4.52. The van der Waals surface area contributed by atoms with Crippen molar-refractivity contribution < 1.29 is 17.4 Å². The van der Waals surface area contributed by atoms with Crippen molar-refractivity contribution in [3.05, 3.63) is 28.8 Å². The van der Waals surface area contributed by atoms with Crippen molar-refractivity contribution in [2.45, 2.75) is 20.8 Å². The molecule has 1 rings (SSSR count). The van der Waals surface area contributed by atoms with Gasteiger partial charge in [-0.1, -0.05) is 17.7 Å². The highest BCUT2D eigenvalue weighted by molar-refractivity contribution is 7.67. The maximum atomic E-state index is 11.4. The lowest BCUT2D eigenvalue weighted by atomic mass is 10.1. The molecule has 0 fully saturated rings. The fourth-order valence-corrected chi connectivity index (χ4v) is 1.89. The third-order valence-electron chi connectivity index (χ3n) is 2.24. The molecule has 0 bridgehead atoms. The van der Waals surface area contributed by atoms with Gasteiger partial charge in [-0.15, -0.1) is 0 Å². The number of hydrogen-bond donors (Lipinski definition) is 2. The maximum absolute atomic E-state index is 11.4. The molecule has 0 heterocycles. The van der Waals surface area contributed by atoms with Crippen LogP contribution in [0.25, 0.3) is 0 Å². The van der Waals surface area contributed by atoms with E-state index in [2.05, 4.69) is 9.50 Å². The Kier molecular flexibility index (Phi) is 4.65. The zero-order valence-electron chi connectivity index (χ0n) is 9.94. The smallest absolute Gasteiger partial charge is 0.257 e. The van der Waals surface area contributed by atoms with Crippen LogP contribution in [0.3, 0.4) is 0 Å². The molecule has 0 aromatic heterocycles. The normalized spacial score (nSPS) is 10.6. The van der Waals surface area contributed by atoms with Crippen LogP contribution in [0.15, 0.2) is 12.1 Å². The average molecular weight is 257 g/mol. The predicted molar refractivity (Wildman–Crippen MR) is 65.5 cm³/mol. The molecule has 17 heavy (non-hydrogen) atoms. The number of carbonyl (C=O) groups excluding carboxylic acids is 1. The summed E-state index contributed by atoms with van der Waals surface area (Å²) in [6.45, 7) is 5.23. The van der Waals surface area contributed by atoms with E-state index in [4.69, 9.17) is 0 Å². The highest BCUT2D eigenvalue weighted by atomic mass is 32.2. The lowest BCUT2D eigenvalue weighted by Crippen LogP contribution is -2.19. The summed E-state index contributed by atoms with van der Waals surface area (Å²) in [5.74, 6) is -0.487. The van der Waals surface area contributed by atoms with Crippen LogP contribution in [0, 0.1) is 20.8 Å². The number of benzene rings is 1. The number of carbonyl (C=O) groups is 1. The highest BCUT2D eigenvalue weighted by Gasteiger charge is 2.08. The first-order valence-corrected chi connectivity index (χ1v) is 6.14. The molecule has 0 aliphatic rings. The van der Waals surface area contributed by atoms with Crippen LogP contribution >= 0.6 is 0 Å². The first kappa shape index (κ1) is 13.7.